The van der Waals surface area contributed by atoms with Gasteiger partial charge in [0.15, 0.2) is 0 Å². The molecule has 0 saturated heterocycles. The zero-order valence-corrected chi connectivity index (χ0v) is 17.7. The zero-order chi connectivity index (χ0) is 22.0. The number of nitrogens with zero attached hydrogens (tertiary/aromatic N) is 1. The van der Waals surface area contributed by atoms with E-state index in [1.54, 1.807) is 11.8 Å². The highest BCUT2D eigenvalue weighted by atomic mass is 16.5. The zero-order valence-electron chi connectivity index (χ0n) is 17.7. The fraction of sp³-hybridized carbons (Fsp3) is 0.500. The van der Waals surface area contributed by atoms with Gasteiger partial charge in [-0.25, -0.2) is 4.79 Å². The van der Waals surface area contributed by atoms with Crippen molar-refractivity contribution in [1.82, 2.24) is 10.2 Å². The van der Waals surface area contributed by atoms with E-state index in [0.717, 1.165) is 5.56 Å². The number of benzene rings is 1. The van der Waals surface area contributed by atoms with Gasteiger partial charge in [-0.05, 0) is 29.9 Å². The van der Waals surface area contributed by atoms with E-state index < -0.39 is 11.9 Å². The quantitative estimate of drug-likeness (QED) is 0.316. The molecular formula is C22H32N2O5. The standard InChI is InChI=1S/C22H32N2O5/c1-15(2)17(5)19-8-6-18(7-9-19)12-24(14-21(26)27)13-20(25)23-10-11-29-22(28)16(3)4/h6-9,15,17H,3,10-14H2,1-2,4-5H3,(H,23,25)(H,26,27). The first kappa shape index (κ1) is 24.4. The van der Waals surface area contributed by atoms with E-state index in [9.17, 15) is 14.4 Å². The van der Waals surface area contributed by atoms with Gasteiger partial charge >= 0.3 is 11.9 Å². The number of carbonyl (C=O) groups is 3. The van der Waals surface area contributed by atoms with Crippen molar-refractivity contribution < 1.29 is 24.2 Å². The molecule has 1 atom stereocenters. The van der Waals surface area contributed by atoms with E-state index in [2.05, 4.69) is 44.8 Å². The summed E-state index contributed by atoms with van der Waals surface area (Å²) < 4.78 is 4.91. The first-order valence-corrected chi connectivity index (χ1v) is 9.72. The third-order valence-electron chi connectivity index (χ3n) is 4.64. The summed E-state index contributed by atoms with van der Waals surface area (Å²) in [6, 6.07) is 8.04. The van der Waals surface area contributed by atoms with Gasteiger partial charge in [0, 0.05) is 12.1 Å². The normalized spacial score (nSPS) is 11.9. The van der Waals surface area contributed by atoms with Gasteiger partial charge in [-0.15, -0.1) is 0 Å². The number of aliphatic carboxylic acids is 1. The molecule has 0 aliphatic rings. The van der Waals surface area contributed by atoms with E-state index in [0.29, 0.717) is 18.4 Å². The van der Waals surface area contributed by atoms with Crippen molar-refractivity contribution in [2.75, 3.05) is 26.2 Å². The molecule has 0 heterocycles. The molecule has 2 N–H and O–H groups in total. The van der Waals surface area contributed by atoms with Gasteiger partial charge in [0.2, 0.25) is 5.91 Å². The topological polar surface area (TPSA) is 95.9 Å². The van der Waals surface area contributed by atoms with Crippen LogP contribution in [0.3, 0.4) is 0 Å². The van der Waals surface area contributed by atoms with E-state index in [1.165, 1.54) is 5.56 Å². The maximum Gasteiger partial charge on any atom is 0.333 e. The molecule has 0 radical (unpaired) electrons. The van der Waals surface area contributed by atoms with Crippen LogP contribution in [0, 0.1) is 5.92 Å². The number of carboxylic acid groups (broad SMARTS) is 1. The fourth-order valence-corrected chi connectivity index (χ4v) is 2.65. The van der Waals surface area contributed by atoms with Crippen molar-refractivity contribution in [3.05, 3.63) is 47.5 Å². The van der Waals surface area contributed by atoms with E-state index in [-0.39, 0.29) is 37.7 Å². The van der Waals surface area contributed by atoms with Crippen LogP contribution in [0.15, 0.2) is 36.4 Å². The smallest absolute Gasteiger partial charge is 0.333 e. The number of esters is 1. The molecule has 0 saturated carbocycles. The molecule has 7 nitrogen and oxygen atoms in total. The largest absolute Gasteiger partial charge is 0.480 e. The molecule has 0 aliphatic carbocycles. The van der Waals surface area contributed by atoms with Gasteiger partial charge in [0.05, 0.1) is 19.6 Å². The molecule has 1 aromatic carbocycles. The van der Waals surface area contributed by atoms with Crippen molar-refractivity contribution >= 4 is 17.8 Å². The van der Waals surface area contributed by atoms with Crippen molar-refractivity contribution in [2.45, 2.75) is 40.2 Å². The summed E-state index contributed by atoms with van der Waals surface area (Å²) in [5, 5.41) is 11.8. The second-order valence-corrected chi connectivity index (χ2v) is 7.58. The first-order chi connectivity index (χ1) is 13.6. The molecule has 1 unspecified atom stereocenters. The molecule has 1 rings (SSSR count). The second-order valence-electron chi connectivity index (χ2n) is 7.58. The van der Waals surface area contributed by atoms with Gasteiger partial charge in [0.25, 0.3) is 0 Å². The Morgan fingerprint density at radius 3 is 2.28 bits per heavy atom. The van der Waals surface area contributed by atoms with E-state index >= 15 is 0 Å². The van der Waals surface area contributed by atoms with Gasteiger partial charge in [0.1, 0.15) is 6.61 Å². The molecular weight excluding hydrogens is 372 g/mol. The SMILES string of the molecule is C=C(C)C(=O)OCCNC(=O)CN(CC(=O)O)Cc1ccc(C(C)C(C)C)cc1. The van der Waals surface area contributed by atoms with Crippen molar-refractivity contribution in [1.29, 1.82) is 0 Å². The average Bonchev–Trinajstić information content (AvgIpc) is 2.64. The highest BCUT2D eigenvalue weighted by molar-refractivity contribution is 5.87. The Labute approximate surface area is 172 Å². The number of amides is 1. The molecule has 0 aliphatic heterocycles. The molecule has 0 spiro atoms. The first-order valence-electron chi connectivity index (χ1n) is 9.72. The predicted molar refractivity (Wildman–Crippen MR) is 111 cm³/mol. The summed E-state index contributed by atoms with van der Waals surface area (Å²) in [5.74, 6) is -0.880. The molecule has 1 amide bonds. The Kier molecular flexibility index (Phi) is 10.1. The van der Waals surface area contributed by atoms with Crippen LogP contribution >= 0.6 is 0 Å². The summed E-state index contributed by atoms with van der Waals surface area (Å²) in [6.07, 6.45) is 0. The van der Waals surface area contributed by atoms with Crippen LogP contribution < -0.4 is 5.32 Å². The lowest BCUT2D eigenvalue weighted by Gasteiger charge is -2.21. The molecule has 0 aromatic heterocycles. The minimum Gasteiger partial charge on any atom is -0.480 e. The van der Waals surface area contributed by atoms with Crippen LogP contribution in [0.1, 0.15) is 44.7 Å². The van der Waals surface area contributed by atoms with Gasteiger partial charge in [-0.1, -0.05) is 51.6 Å². The van der Waals surface area contributed by atoms with Crippen LogP contribution in [0.5, 0.6) is 0 Å². The molecule has 0 bridgehead atoms. The van der Waals surface area contributed by atoms with Crippen molar-refractivity contribution in [3.63, 3.8) is 0 Å². The van der Waals surface area contributed by atoms with Crippen LogP contribution in [0.4, 0.5) is 0 Å². The van der Waals surface area contributed by atoms with Crippen LogP contribution in [0.25, 0.3) is 0 Å². The number of carbonyl (C=O) groups excluding carboxylic acids is 2. The fourth-order valence-electron chi connectivity index (χ4n) is 2.65. The maximum absolute atomic E-state index is 12.1. The molecule has 0 fully saturated rings. The van der Waals surface area contributed by atoms with Gasteiger partial charge in [-0.3, -0.25) is 14.5 Å². The molecule has 160 valence electrons. The van der Waals surface area contributed by atoms with E-state index in [1.807, 2.05) is 12.1 Å². The van der Waals surface area contributed by atoms with Gasteiger partial charge in [-0.2, -0.15) is 0 Å². The second kappa shape index (κ2) is 12.0. The summed E-state index contributed by atoms with van der Waals surface area (Å²) in [5.41, 5.74) is 2.46. The lowest BCUT2D eigenvalue weighted by atomic mass is 9.90. The number of carboxylic acids is 1. The monoisotopic (exact) mass is 404 g/mol. The molecule has 7 heteroatoms. The Bertz CT molecular complexity index is 712. The Morgan fingerprint density at radius 1 is 1.14 bits per heavy atom. The number of nitrogens with one attached hydrogen (secondary N) is 1. The highest BCUT2D eigenvalue weighted by Gasteiger charge is 2.15. The minimum absolute atomic E-state index is 0.0336. The lowest BCUT2D eigenvalue weighted by molar-refractivity contribution is -0.140. The van der Waals surface area contributed by atoms with Crippen molar-refractivity contribution in [2.24, 2.45) is 5.92 Å². The van der Waals surface area contributed by atoms with Crippen LogP contribution in [-0.2, 0) is 25.7 Å². The van der Waals surface area contributed by atoms with Crippen LogP contribution in [0.2, 0.25) is 0 Å². The third kappa shape index (κ3) is 9.38. The predicted octanol–water partition coefficient (Wildman–Crippen LogP) is 2.57. The number of hydrogen-bond acceptors (Lipinski definition) is 5. The summed E-state index contributed by atoms with van der Waals surface area (Å²) >= 11 is 0. The number of ether oxygens (including phenoxy) is 1. The van der Waals surface area contributed by atoms with E-state index in [4.69, 9.17) is 9.84 Å². The number of hydrogen-bond donors (Lipinski definition) is 2. The van der Waals surface area contributed by atoms with Gasteiger partial charge < -0.3 is 15.2 Å². The number of rotatable bonds is 12. The highest BCUT2D eigenvalue weighted by Crippen LogP contribution is 2.23. The summed E-state index contributed by atoms with van der Waals surface area (Å²) in [6.45, 7) is 11.8. The summed E-state index contributed by atoms with van der Waals surface area (Å²) in [4.78, 5) is 36.1. The summed E-state index contributed by atoms with van der Waals surface area (Å²) in [7, 11) is 0. The molecule has 1 aromatic rings. The van der Waals surface area contributed by atoms with Crippen molar-refractivity contribution in [3.8, 4) is 0 Å². The lowest BCUT2D eigenvalue weighted by Crippen LogP contribution is -2.40. The average molecular weight is 405 g/mol. The Balaban J connectivity index is 2.59. The maximum atomic E-state index is 12.1. The Hall–Kier alpha value is -2.67. The molecule has 29 heavy (non-hydrogen) atoms. The van der Waals surface area contributed by atoms with Crippen LogP contribution in [-0.4, -0.2) is 54.1 Å². The third-order valence-corrected chi connectivity index (χ3v) is 4.64. The Morgan fingerprint density at radius 2 is 1.76 bits per heavy atom. The minimum atomic E-state index is -1.00.